The molecule has 1 heterocycles. The van der Waals surface area contributed by atoms with Crippen LogP contribution in [0.25, 0.3) is 0 Å². The van der Waals surface area contributed by atoms with Gasteiger partial charge in [-0.2, -0.15) is 0 Å². The number of ether oxygens (including phenoxy) is 1. The lowest BCUT2D eigenvalue weighted by atomic mass is 10.0. The molecular weight excluding hydrogens is 236 g/mol. The summed E-state index contributed by atoms with van der Waals surface area (Å²) in [4.78, 5) is 12.3. The van der Waals surface area contributed by atoms with Crippen LogP contribution in [0.15, 0.2) is 29.4 Å². The molecule has 18 heavy (non-hydrogen) atoms. The smallest absolute Gasteiger partial charge is 0.407 e. The molecule has 1 aliphatic rings. The van der Waals surface area contributed by atoms with Crippen LogP contribution in [-0.2, 0) is 4.74 Å². The van der Waals surface area contributed by atoms with Crippen molar-refractivity contribution in [2.24, 2.45) is 5.16 Å². The van der Waals surface area contributed by atoms with Crippen molar-refractivity contribution >= 4 is 12.3 Å². The predicted octanol–water partition coefficient (Wildman–Crippen LogP) is 1.55. The molecule has 96 valence electrons. The van der Waals surface area contributed by atoms with E-state index in [1.165, 1.54) is 11.1 Å². The fraction of sp³-hybridized carbons (Fsp3) is 0.333. The Kier molecular flexibility index (Phi) is 3.78. The van der Waals surface area contributed by atoms with Gasteiger partial charge in [0.05, 0.1) is 19.4 Å². The molecule has 1 saturated heterocycles. The topological polar surface area (TPSA) is 82.4 Å². The van der Waals surface area contributed by atoms with Gasteiger partial charge in [-0.05, 0) is 5.56 Å². The van der Waals surface area contributed by atoms with E-state index < -0.39 is 6.09 Å². The van der Waals surface area contributed by atoms with E-state index in [9.17, 15) is 4.79 Å². The lowest BCUT2D eigenvalue weighted by Crippen LogP contribution is -2.41. The second kappa shape index (κ2) is 5.50. The maximum Gasteiger partial charge on any atom is 0.407 e. The van der Waals surface area contributed by atoms with Crippen molar-refractivity contribution < 1.29 is 19.8 Å². The van der Waals surface area contributed by atoms with Gasteiger partial charge in [0, 0.05) is 12.1 Å². The standard InChI is InChI=1S/C12H14N2O4/c15-12(16)14-5-6-18-11(8-14)10-4-2-1-3-9(10)7-13-17/h1-4,7,11,17H,5-6,8H2,(H,15,16). The number of nitrogens with zero attached hydrogens (tertiary/aromatic N) is 2. The Morgan fingerprint density at radius 3 is 3.00 bits per heavy atom. The molecule has 1 atom stereocenters. The first-order chi connectivity index (χ1) is 8.72. The van der Waals surface area contributed by atoms with Gasteiger partial charge in [-0.25, -0.2) is 4.79 Å². The number of oxime groups is 1. The van der Waals surface area contributed by atoms with E-state index in [0.717, 1.165) is 11.1 Å². The molecule has 6 nitrogen and oxygen atoms in total. The number of morpholine rings is 1. The monoisotopic (exact) mass is 250 g/mol. The summed E-state index contributed by atoms with van der Waals surface area (Å²) in [5.41, 5.74) is 1.54. The van der Waals surface area contributed by atoms with Crippen LogP contribution in [-0.4, -0.2) is 47.2 Å². The SMILES string of the molecule is O=C(O)N1CCOC(c2ccccc2C=NO)C1. The molecule has 1 aromatic carbocycles. The highest BCUT2D eigenvalue weighted by Gasteiger charge is 2.26. The Balaban J connectivity index is 2.23. The van der Waals surface area contributed by atoms with Gasteiger partial charge in [0.2, 0.25) is 0 Å². The second-order valence-corrected chi connectivity index (χ2v) is 3.96. The average molecular weight is 250 g/mol. The van der Waals surface area contributed by atoms with Gasteiger partial charge < -0.3 is 20.0 Å². The summed E-state index contributed by atoms with van der Waals surface area (Å²) in [6, 6.07) is 7.29. The third-order valence-electron chi connectivity index (χ3n) is 2.88. The molecule has 1 fully saturated rings. The van der Waals surface area contributed by atoms with E-state index in [1.807, 2.05) is 18.2 Å². The number of benzene rings is 1. The number of amides is 1. The molecule has 0 aliphatic carbocycles. The first-order valence-corrected chi connectivity index (χ1v) is 5.58. The summed E-state index contributed by atoms with van der Waals surface area (Å²) in [7, 11) is 0. The molecule has 2 rings (SSSR count). The number of hydrogen-bond acceptors (Lipinski definition) is 4. The van der Waals surface area contributed by atoms with E-state index in [2.05, 4.69) is 5.16 Å². The van der Waals surface area contributed by atoms with E-state index in [4.69, 9.17) is 15.1 Å². The van der Waals surface area contributed by atoms with Crippen molar-refractivity contribution in [1.29, 1.82) is 0 Å². The molecule has 2 N–H and O–H groups in total. The van der Waals surface area contributed by atoms with Crippen molar-refractivity contribution in [3.8, 4) is 0 Å². The number of carboxylic acid groups (broad SMARTS) is 1. The van der Waals surface area contributed by atoms with Crippen molar-refractivity contribution in [3.63, 3.8) is 0 Å². The summed E-state index contributed by atoms with van der Waals surface area (Å²) in [5.74, 6) is 0. The zero-order valence-electron chi connectivity index (χ0n) is 9.69. The quantitative estimate of drug-likeness (QED) is 0.474. The van der Waals surface area contributed by atoms with Gasteiger partial charge in [0.15, 0.2) is 0 Å². The third kappa shape index (κ3) is 2.60. The zero-order valence-corrected chi connectivity index (χ0v) is 9.69. The number of hydrogen-bond donors (Lipinski definition) is 2. The Morgan fingerprint density at radius 1 is 1.50 bits per heavy atom. The summed E-state index contributed by atoms with van der Waals surface area (Å²) >= 11 is 0. The minimum atomic E-state index is -0.948. The van der Waals surface area contributed by atoms with Gasteiger partial charge in [0.1, 0.15) is 6.10 Å². The van der Waals surface area contributed by atoms with Crippen LogP contribution in [0, 0.1) is 0 Å². The summed E-state index contributed by atoms with van der Waals surface area (Å²) < 4.78 is 5.58. The predicted molar refractivity (Wildman–Crippen MR) is 64.1 cm³/mol. The lowest BCUT2D eigenvalue weighted by molar-refractivity contribution is -0.0232. The highest BCUT2D eigenvalue weighted by molar-refractivity contribution is 5.81. The normalized spacial score (nSPS) is 20.2. The summed E-state index contributed by atoms with van der Waals surface area (Å²) in [5, 5.41) is 20.6. The number of rotatable bonds is 2. The van der Waals surface area contributed by atoms with Gasteiger partial charge in [-0.3, -0.25) is 0 Å². The summed E-state index contributed by atoms with van der Waals surface area (Å²) in [6.45, 7) is 1.02. The van der Waals surface area contributed by atoms with Crippen LogP contribution in [0.5, 0.6) is 0 Å². The minimum Gasteiger partial charge on any atom is -0.465 e. The molecule has 1 unspecified atom stereocenters. The fourth-order valence-electron chi connectivity index (χ4n) is 2.00. The van der Waals surface area contributed by atoms with Crippen LogP contribution in [0.4, 0.5) is 4.79 Å². The van der Waals surface area contributed by atoms with E-state index >= 15 is 0 Å². The Bertz CT molecular complexity index is 461. The highest BCUT2D eigenvalue weighted by Crippen LogP contribution is 2.24. The zero-order chi connectivity index (χ0) is 13.0. The fourth-order valence-corrected chi connectivity index (χ4v) is 2.00. The van der Waals surface area contributed by atoms with Crippen molar-refractivity contribution in [3.05, 3.63) is 35.4 Å². The molecule has 1 aliphatic heterocycles. The third-order valence-corrected chi connectivity index (χ3v) is 2.88. The Labute approximate surface area is 104 Å². The Hall–Kier alpha value is -2.08. The van der Waals surface area contributed by atoms with Crippen LogP contribution < -0.4 is 0 Å². The van der Waals surface area contributed by atoms with Gasteiger partial charge in [0.25, 0.3) is 0 Å². The highest BCUT2D eigenvalue weighted by atomic mass is 16.5. The minimum absolute atomic E-state index is 0.283. The molecule has 0 saturated carbocycles. The van der Waals surface area contributed by atoms with Gasteiger partial charge >= 0.3 is 6.09 Å². The molecule has 1 amide bonds. The summed E-state index contributed by atoms with van der Waals surface area (Å²) in [6.07, 6.45) is 0.0407. The molecule has 6 heteroatoms. The number of carbonyl (C=O) groups is 1. The van der Waals surface area contributed by atoms with Crippen LogP contribution in [0.1, 0.15) is 17.2 Å². The largest absolute Gasteiger partial charge is 0.465 e. The molecule has 1 aromatic rings. The van der Waals surface area contributed by atoms with Gasteiger partial charge in [-0.1, -0.05) is 29.4 Å². The van der Waals surface area contributed by atoms with Gasteiger partial charge in [-0.15, -0.1) is 0 Å². The molecule has 0 bridgehead atoms. The Morgan fingerprint density at radius 2 is 2.28 bits per heavy atom. The van der Waals surface area contributed by atoms with Crippen LogP contribution in [0.2, 0.25) is 0 Å². The molecule has 0 aromatic heterocycles. The van der Waals surface area contributed by atoms with Crippen LogP contribution in [0.3, 0.4) is 0 Å². The van der Waals surface area contributed by atoms with E-state index in [0.29, 0.717) is 13.2 Å². The van der Waals surface area contributed by atoms with E-state index in [-0.39, 0.29) is 12.6 Å². The maximum atomic E-state index is 10.9. The molecule has 0 radical (unpaired) electrons. The average Bonchev–Trinajstić information content (AvgIpc) is 2.40. The first-order valence-electron chi connectivity index (χ1n) is 5.58. The molecular formula is C12H14N2O4. The van der Waals surface area contributed by atoms with E-state index in [1.54, 1.807) is 6.07 Å². The van der Waals surface area contributed by atoms with Crippen LogP contribution >= 0.6 is 0 Å². The first kappa shape index (κ1) is 12.4. The molecule has 0 spiro atoms. The lowest BCUT2D eigenvalue weighted by Gasteiger charge is -2.31. The van der Waals surface area contributed by atoms with Crippen molar-refractivity contribution in [1.82, 2.24) is 4.90 Å². The second-order valence-electron chi connectivity index (χ2n) is 3.96. The van der Waals surface area contributed by atoms with Crippen molar-refractivity contribution in [2.45, 2.75) is 6.10 Å². The van der Waals surface area contributed by atoms with Crippen molar-refractivity contribution in [2.75, 3.05) is 19.7 Å². The maximum absolute atomic E-state index is 10.9.